The number of nitrogens with one attached hydrogen (secondary N) is 2. The number of benzene rings is 2. The molecule has 0 aliphatic rings. The van der Waals surface area contributed by atoms with E-state index in [4.69, 9.17) is 16.3 Å². The van der Waals surface area contributed by atoms with Gasteiger partial charge in [-0.1, -0.05) is 17.7 Å². The highest BCUT2D eigenvalue weighted by molar-refractivity contribution is 6.32. The molecule has 132 valence electrons. The second-order valence-corrected chi connectivity index (χ2v) is 6.26. The summed E-state index contributed by atoms with van der Waals surface area (Å²) in [5.74, 6) is 0.132. The summed E-state index contributed by atoms with van der Waals surface area (Å²) in [4.78, 5) is 23.4. The lowest BCUT2D eigenvalue weighted by atomic mass is 10.1. The lowest BCUT2D eigenvalue weighted by Crippen LogP contribution is -2.30. The first-order valence-corrected chi connectivity index (χ1v) is 8.26. The van der Waals surface area contributed by atoms with Crippen LogP contribution in [-0.4, -0.2) is 17.9 Å². The van der Waals surface area contributed by atoms with Crippen LogP contribution < -0.4 is 15.4 Å². The Labute approximate surface area is 152 Å². The summed E-state index contributed by atoms with van der Waals surface area (Å²) in [5.41, 5.74) is 2.98. The van der Waals surface area contributed by atoms with Crippen LogP contribution in [0.25, 0.3) is 0 Å². The van der Waals surface area contributed by atoms with E-state index in [0.717, 1.165) is 11.1 Å². The van der Waals surface area contributed by atoms with E-state index < -0.39 is 6.10 Å². The molecule has 2 aromatic rings. The van der Waals surface area contributed by atoms with Crippen LogP contribution in [0.1, 0.15) is 25.0 Å². The first-order chi connectivity index (χ1) is 11.8. The monoisotopic (exact) mass is 360 g/mol. The minimum atomic E-state index is -0.690. The third-order valence-corrected chi connectivity index (χ3v) is 4.14. The predicted octanol–water partition coefficient (Wildman–Crippen LogP) is 4.32. The van der Waals surface area contributed by atoms with Gasteiger partial charge in [-0.2, -0.15) is 0 Å². The van der Waals surface area contributed by atoms with E-state index in [-0.39, 0.29) is 11.8 Å². The molecule has 0 spiro atoms. The smallest absolute Gasteiger partial charge is 0.265 e. The molecule has 2 N–H and O–H groups in total. The molecule has 0 heterocycles. The Balaban J connectivity index is 2.04. The minimum absolute atomic E-state index is 0.173. The zero-order chi connectivity index (χ0) is 18.6. The average Bonchev–Trinajstić information content (AvgIpc) is 2.52. The van der Waals surface area contributed by atoms with Crippen molar-refractivity contribution in [2.24, 2.45) is 0 Å². The molecule has 6 heteroatoms. The molecule has 0 saturated heterocycles. The fraction of sp³-hybridized carbons (Fsp3) is 0.263. The van der Waals surface area contributed by atoms with Crippen molar-refractivity contribution in [2.45, 2.75) is 33.8 Å². The van der Waals surface area contributed by atoms with Crippen molar-refractivity contribution in [3.63, 3.8) is 0 Å². The maximum absolute atomic E-state index is 12.3. The van der Waals surface area contributed by atoms with Gasteiger partial charge in [0.1, 0.15) is 5.75 Å². The van der Waals surface area contributed by atoms with Gasteiger partial charge in [-0.15, -0.1) is 0 Å². The number of hydrogen-bond acceptors (Lipinski definition) is 3. The van der Waals surface area contributed by atoms with Gasteiger partial charge in [-0.3, -0.25) is 9.59 Å². The zero-order valence-electron chi connectivity index (χ0n) is 14.6. The minimum Gasteiger partial charge on any atom is -0.481 e. The van der Waals surface area contributed by atoms with Gasteiger partial charge in [0.25, 0.3) is 5.91 Å². The maximum Gasteiger partial charge on any atom is 0.265 e. The second-order valence-electron chi connectivity index (χ2n) is 5.88. The molecule has 25 heavy (non-hydrogen) atoms. The largest absolute Gasteiger partial charge is 0.481 e. The molecule has 2 amide bonds. The Morgan fingerprint density at radius 1 is 1.04 bits per heavy atom. The summed E-state index contributed by atoms with van der Waals surface area (Å²) < 4.78 is 5.72. The number of aryl methyl sites for hydroxylation is 2. The highest BCUT2D eigenvalue weighted by Crippen LogP contribution is 2.26. The number of ether oxygens (including phenoxy) is 1. The molecular weight excluding hydrogens is 340 g/mol. The Hall–Kier alpha value is -2.53. The SMILES string of the molecule is CC(=O)Nc1cccc(NC(=O)[C@@H](C)Oc2cc(C)c(Cl)c(C)c2)c1. The molecule has 0 fully saturated rings. The summed E-state index contributed by atoms with van der Waals surface area (Å²) in [7, 11) is 0. The number of halogens is 1. The number of rotatable bonds is 5. The van der Waals surface area contributed by atoms with Crippen molar-refractivity contribution in [3.8, 4) is 5.75 Å². The lowest BCUT2D eigenvalue weighted by molar-refractivity contribution is -0.122. The third kappa shape index (κ3) is 5.22. The van der Waals surface area contributed by atoms with E-state index in [1.807, 2.05) is 13.8 Å². The van der Waals surface area contributed by atoms with Gasteiger partial charge in [0, 0.05) is 23.3 Å². The van der Waals surface area contributed by atoms with E-state index in [9.17, 15) is 9.59 Å². The van der Waals surface area contributed by atoms with E-state index in [1.54, 1.807) is 43.3 Å². The zero-order valence-corrected chi connectivity index (χ0v) is 15.4. The summed E-state index contributed by atoms with van der Waals surface area (Å²) in [5, 5.41) is 6.14. The molecule has 0 saturated carbocycles. The summed E-state index contributed by atoms with van der Waals surface area (Å²) >= 11 is 6.14. The number of carbonyl (C=O) groups excluding carboxylic acids is 2. The van der Waals surface area contributed by atoms with Gasteiger partial charge in [0.2, 0.25) is 5.91 Å². The molecule has 1 atom stereocenters. The van der Waals surface area contributed by atoms with Crippen molar-refractivity contribution in [1.82, 2.24) is 0 Å². The number of carbonyl (C=O) groups is 2. The van der Waals surface area contributed by atoms with Gasteiger partial charge in [0.15, 0.2) is 6.10 Å². The van der Waals surface area contributed by atoms with E-state index >= 15 is 0 Å². The van der Waals surface area contributed by atoms with Crippen molar-refractivity contribution < 1.29 is 14.3 Å². The van der Waals surface area contributed by atoms with Gasteiger partial charge in [-0.05, 0) is 62.2 Å². The first kappa shape index (κ1) is 18.8. The van der Waals surface area contributed by atoms with E-state index in [0.29, 0.717) is 22.1 Å². The van der Waals surface area contributed by atoms with Gasteiger partial charge < -0.3 is 15.4 Å². The molecule has 5 nitrogen and oxygen atoms in total. The topological polar surface area (TPSA) is 67.4 Å². The summed E-state index contributed by atoms with van der Waals surface area (Å²) in [6, 6.07) is 10.5. The van der Waals surface area contributed by atoms with Gasteiger partial charge in [-0.25, -0.2) is 0 Å². The van der Waals surface area contributed by atoms with Crippen LogP contribution in [-0.2, 0) is 9.59 Å². The van der Waals surface area contributed by atoms with Crippen LogP contribution in [0.5, 0.6) is 5.75 Å². The van der Waals surface area contributed by atoms with Crippen LogP contribution in [0, 0.1) is 13.8 Å². The van der Waals surface area contributed by atoms with Crippen molar-refractivity contribution in [2.75, 3.05) is 10.6 Å². The average molecular weight is 361 g/mol. The van der Waals surface area contributed by atoms with Crippen molar-refractivity contribution >= 4 is 34.8 Å². The fourth-order valence-electron chi connectivity index (χ4n) is 2.35. The molecule has 0 aliphatic heterocycles. The second kappa shape index (κ2) is 8.03. The highest BCUT2D eigenvalue weighted by Gasteiger charge is 2.16. The summed E-state index contributed by atoms with van der Waals surface area (Å²) in [6.45, 7) is 6.88. The van der Waals surface area contributed by atoms with Gasteiger partial charge in [0.05, 0.1) is 0 Å². The predicted molar refractivity (Wildman–Crippen MR) is 100 cm³/mol. The quantitative estimate of drug-likeness (QED) is 0.834. The fourth-order valence-corrected chi connectivity index (χ4v) is 2.46. The Morgan fingerprint density at radius 3 is 2.16 bits per heavy atom. The molecule has 0 unspecified atom stereocenters. The molecule has 0 aromatic heterocycles. The molecule has 2 aromatic carbocycles. The first-order valence-electron chi connectivity index (χ1n) is 7.88. The maximum atomic E-state index is 12.3. The summed E-state index contributed by atoms with van der Waals surface area (Å²) in [6.07, 6.45) is -0.690. The van der Waals surface area contributed by atoms with Crippen molar-refractivity contribution in [1.29, 1.82) is 0 Å². The lowest BCUT2D eigenvalue weighted by Gasteiger charge is -2.16. The van der Waals surface area contributed by atoms with Crippen LogP contribution in [0.2, 0.25) is 5.02 Å². The third-order valence-electron chi connectivity index (χ3n) is 3.54. The molecule has 0 radical (unpaired) electrons. The van der Waals surface area contributed by atoms with E-state index in [1.165, 1.54) is 6.92 Å². The molecular formula is C19H21ClN2O3. The number of anilines is 2. The number of amides is 2. The molecule has 0 bridgehead atoms. The van der Waals surface area contributed by atoms with Crippen LogP contribution >= 0.6 is 11.6 Å². The highest BCUT2D eigenvalue weighted by atomic mass is 35.5. The van der Waals surface area contributed by atoms with Crippen molar-refractivity contribution in [3.05, 3.63) is 52.5 Å². The number of hydrogen-bond donors (Lipinski definition) is 2. The van der Waals surface area contributed by atoms with Crippen LogP contribution in [0.4, 0.5) is 11.4 Å². The van der Waals surface area contributed by atoms with Gasteiger partial charge >= 0.3 is 0 Å². The van der Waals surface area contributed by atoms with Crippen LogP contribution in [0.15, 0.2) is 36.4 Å². The van der Waals surface area contributed by atoms with E-state index in [2.05, 4.69) is 10.6 Å². The Kier molecular flexibility index (Phi) is 6.04. The Bertz CT molecular complexity index is 782. The molecule has 2 rings (SSSR count). The molecule has 0 aliphatic carbocycles. The normalized spacial score (nSPS) is 11.6. The van der Waals surface area contributed by atoms with Crippen LogP contribution in [0.3, 0.4) is 0 Å². The Morgan fingerprint density at radius 2 is 1.60 bits per heavy atom. The standard InChI is InChI=1S/C19H21ClN2O3/c1-11-8-17(9-12(2)18(11)20)25-13(3)19(24)22-16-7-5-6-15(10-16)21-14(4)23/h5-10,13H,1-4H3,(H,21,23)(H,22,24)/t13-/m1/s1.